The number of piperazine rings is 1. The van der Waals surface area contributed by atoms with E-state index in [1.165, 1.54) is 0 Å². The average molecular weight is 304 g/mol. The lowest BCUT2D eigenvalue weighted by atomic mass is 10.3. The van der Waals surface area contributed by atoms with Gasteiger partial charge >= 0.3 is 0 Å². The predicted molar refractivity (Wildman–Crippen MR) is 84.6 cm³/mol. The molecule has 1 aliphatic heterocycles. The molecule has 7 heteroatoms. The van der Waals surface area contributed by atoms with Crippen LogP contribution in [0, 0.1) is 6.92 Å². The molecular formula is C15H24N6O. The van der Waals surface area contributed by atoms with E-state index in [9.17, 15) is 4.79 Å². The highest BCUT2D eigenvalue weighted by Gasteiger charge is 2.22. The Labute approximate surface area is 130 Å². The van der Waals surface area contributed by atoms with E-state index in [1.54, 1.807) is 10.9 Å². The number of fused-ring (bicyclic) bond motifs is 1. The van der Waals surface area contributed by atoms with Crippen LogP contribution in [0.2, 0.25) is 0 Å². The first-order valence-corrected chi connectivity index (χ1v) is 8.03. The summed E-state index contributed by atoms with van der Waals surface area (Å²) in [6, 6.07) is 0. The molecule has 0 N–H and O–H groups in total. The summed E-state index contributed by atoms with van der Waals surface area (Å²) in [5.41, 5.74) is 2.91. The number of amides is 1. The number of likely N-dealkylation sites (N-methyl/N-ethyl adjacent to an activating group) is 1. The van der Waals surface area contributed by atoms with Crippen LogP contribution in [-0.2, 0) is 17.9 Å². The van der Waals surface area contributed by atoms with E-state index in [0.29, 0.717) is 6.54 Å². The highest BCUT2D eigenvalue weighted by Crippen LogP contribution is 2.18. The van der Waals surface area contributed by atoms with Crippen LogP contribution in [0.25, 0.3) is 11.0 Å². The van der Waals surface area contributed by atoms with Gasteiger partial charge in [-0.15, -0.1) is 0 Å². The van der Waals surface area contributed by atoms with Crippen LogP contribution in [0.1, 0.15) is 19.5 Å². The van der Waals surface area contributed by atoms with E-state index in [4.69, 9.17) is 0 Å². The van der Waals surface area contributed by atoms with Crippen LogP contribution in [0.5, 0.6) is 0 Å². The molecule has 0 aliphatic carbocycles. The minimum Gasteiger partial charge on any atom is -0.339 e. The summed E-state index contributed by atoms with van der Waals surface area (Å²) in [4.78, 5) is 16.8. The van der Waals surface area contributed by atoms with Gasteiger partial charge in [0.15, 0.2) is 0 Å². The Hall–Kier alpha value is -1.89. The van der Waals surface area contributed by atoms with Gasteiger partial charge in [0.25, 0.3) is 0 Å². The average Bonchev–Trinajstić information content (AvgIpc) is 3.09. The first kappa shape index (κ1) is 15.0. The molecule has 0 bridgehead atoms. The molecule has 0 atom stereocenters. The summed E-state index contributed by atoms with van der Waals surface area (Å²) in [6.07, 6.45) is 1.81. The third kappa shape index (κ3) is 2.61. The summed E-state index contributed by atoms with van der Waals surface area (Å²) >= 11 is 0. The molecule has 1 aliphatic rings. The number of carbonyl (C=O) groups excluding carboxylic acids is 1. The van der Waals surface area contributed by atoms with Gasteiger partial charge in [-0.3, -0.25) is 14.2 Å². The fourth-order valence-corrected chi connectivity index (χ4v) is 3.12. The predicted octanol–water partition coefficient (Wildman–Crippen LogP) is 0.725. The molecule has 0 saturated carbocycles. The van der Waals surface area contributed by atoms with Gasteiger partial charge in [0.1, 0.15) is 17.6 Å². The van der Waals surface area contributed by atoms with Crippen molar-refractivity contribution in [3.05, 3.63) is 11.9 Å². The molecule has 1 saturated heterocycles. The van der Waals surface area contributed by atoms with Crippen LogP contribution >= 0.6 is 0 Å². The Balaban J connectivity index is 1.73. The van der Waals surface area contributed by atoms with Crippen LogP contribution in [-0.4, -0.2) is 68.0 Å². The summed E-state index contributed by atoms with van der Waals surface area (Å²) in [7, 11) is 0. The SMILES string of the molecule is CCN1CCN(C(=O)Cn2ncc3c2c(C)nn3CC)CC1. The zero-order valence-corrected chi connectivity index (χ0v) is 13.6. The first-order chi connectivity index (χ1) is 10.6. The monoisotopic (exact) mass is 304 g/mol. The van der Waals surface area contributed by atoms with Gasteiger partial charge < -0.3 is 9.80 Å². The van der Waals surface area contributed by atoms with Crippen molar-refractivity contribution in [1.29, 1.82) is 0 Å². The van der Waals surface area contributed by atoms with Crippen molar-refractivity contribution in [1.82, 2.24) is 29.4 Å². The van der Waals surface area contributed by atoms with E-state index in [2.05, 4.69) is 28.9 Å². The number of aryl methyl sites for hydroxylation is 2. The van der Waals surface area contributed by atoms with Gasteiger partial charge in [-0.25, -0.2) is 0 Å². The fraction of sp³-hybridized carbons (Fsp3) is 0.667. The van der Waals surface area contributed by atoms with E-state index < -0.39 is 0 Å². The zero-order chi connectivity index (χ0) is 15.7. The topological polar surface area (TPSA) is 59.2 Å². The summed E-state index contributed by atoms with van der Waals surface area (Å²) in [5.74, 6) is 0.143. The molecule has 3 heterocycles. The van der Waals surface area contributed by atoms with Gasteiger partial charge in [-0.1, -0.05) is 6.92 Å². The van der Waals surface area contributed by atoms with Crippen LogP contribution < -0.4 is 0 Å². The Bertz CT molecular complexity index is 665. The molecular weight excluding hydrogens is 280 g/mol. The number of hydrogen-bond donors (Lipinski definition) is 0. The number of hydrogen-bond acceptors (Lipinski definition) is 4. The molecule has 3 rings (SSSR count). The van der Waals surface area contributed by atoms with E-state index in [1.807, 2.05) is 16.5 Å². The molecule has 22 heavy (non-hydrogen) atoms. The lowest BCUT2D eigenvalue weighted by Crippen LogP contribution is -2.49. The van der Waals surface area contributed by atoms with Gasteiger partial charge in [0.2, 0.25) is 5.91 Å². The minimum absolute atomic E-state index is 0.143. The number of carbonyl (C=O) groups is 1. The summed E-state index contributed by atoms with van der Waals surface area (Å²) < 4.78 is 3.72. The van der Waals surface area contributed by atoms with Gasteiger partial charge in [0, 0.05) is 32.7 Å². The highest BCUT2D eigenvalue weighted by atomic mass is 16.2. The summed E-state index contributed by atoms with van der Waals surface area (Å²) in [5, 5.41) is 8.88. The fourth-order valence-electron chi connectivity index (χ4n) is 3.12. The smallest absolute Gasteiger partial charge is 0.244 e. The van der Waals surface area contributed by atoms with Crippen molar-refractivity contribution in [2.75, 3.05) is 32.7 Å². The van der Waals surface area contributed by atoms with Crippen molar-refractivity contribution >= 4 is 16.9 Å². The van der Waals surface area contributed by atoms with Crippen molar-refractivity contribution in [3.63, 3.8) is 0 Å². The van der Waals surface area contributed by atoms with Gasteiger partial charge in [0.05, 0.1) is 11.9 Å². The molecule has 1 fully saturated rings. The van der Waals surface area contributed by atoms with Gasteiger partial charge in [-0.2, -0.15) is 10.2 Å². The molecule has 0 unspecified atom stereocenters. The van der Waals surface area contributed by atoms with E-state index in [0.717, 1.165) is 56.0 Å². The second kappa shape index (κ2) is 6.08. The molecule has 2 aromatic rings. The van der Waals surface area contributed by atoms with Crippen molar-refractivity contribution in [2.45, 2.75) is 33.9 Å². The third-order valence-corrected chi connectivity index (χ3v) is 4.47. The second-order valence-electron chi connectivity index (χ2n) is 5.75. The quantitative estimate of drug-likeness (QED) is 0.835. The number of nitrogens with zero attached hydrogens (tertiary/aromatic N) is 6. The van der Waals surface area contributed by atoms with Crippen LogP contribution in [0.15, 0.2) is 6.20 Å². The lowest BCUT2D eigenvalue weighted by Gasteiger charge is -2.34. The van der Waals surface area contributed by atoms with Crippen molar-refractivity contribution in [2.24, 2.45) is 0 Å². The van der Waals surface area contributed by atoms with Crippen molar-refractivity contribution in [3.8, 4) is 0 Å². The van der Waals surface area contributed by atoms with Crippen molar-refractivity contribution < 1.29 is 4.79 Å². The van der Waals surface area contributed by atoms with E-state index >= 15 is 0 Å². The van der Waals surface area contributed by atoms with Gasteiger partial charge in [-0.05, 0) is 20.4 Å². The van der Waals surface area contributed by atoms with Crippen LogP contribution in [0.4, 0.5) is 0 Å². The maximum absolute atomic E-state index is 12.5. The molecule has 120 valence electrons. The molecule has 1 amide bonds. The summed E-state index contributed by atoms with van der Waals surface area (Å²) in [6.45, 7) is 11.9. The maximum atomic E-state index is 12.5. The lowest BCUT2D eigenvalue weighted by molar-refractivity contribution is -0.133. The number of aromatic nitrogens is 4. The molecule has 7 nitrogen and oxygen atoms in total. The maximum Gasteiger partial charge on any atom is 0.244 e. The third-order valence-electron chi connectivity index (χ3n) is 4.47. The Morgan fingerprint density at radius 3 is 2.50 bits per heavy atom. The molecule has 0 aromatic carbocycles. The highest BCUT2D eigenvalue weighted by molar-refractivity contribution is 5.81. The number of rotatable bonds is 4. The Morgan fingerprint density at radius 1 is 1.14 bits per heavy atom. The first-order valence-electron chi connectivity index (χ1n) is 8.03. The molecule has 0 radical (unpaired) electrons. The molecule has 0 spiro atoms. The van der Waals surface area contributed by atoms with Crippen LogP contribution in [0.3, 0.4) is 0 Å². The van der Waals surface area contributed by atoms with E-state index in [-0.39, 0.29) is 5.91 Å². The zero-order valence-electron chi connectivity index (χ0n) is 13.6. The largest absolute Gasteiger partial charge is 0.339 e. The normalized spacial score (nSPS) is 16.6. The Morgan fingerprint density at radius 2 is 1.86 bits per heavy atom. The second-order valence-corrected chi connectivity index (χ2v) is 5.75. The molecule has 2 aromatic heterocycles. The Kier molecular flexibility index (Phi) is 4.15. The minimum atomic E-state index is 0.143. The standard InChI is InChI=1S/C15H24N6O/c1-4-18-6-8-19(9-7-18)14(22)11-21-15-12(3)17-20(5-2)13(15)10-16-21/h10H,4-9,11H2,1-3H3.